The molecule has 0 saturated carbocycles. The lowest BCUT2D eigenvalue weighted by Gasteiger charge is -2.53. The number of carbonyl (C=O) groups excluding carboxylic acids is 1. The van der Waals surface area contributed by atoms with Crippen molar-refractivity contribution in [2.75, 3.05) is 26.3 Å². The van der Waals surface area contributed by atoms with Gasteiger partial charge in [-0.15, -0.1) is 0 Å². The number of likely N-dealkylation sites (tertiary alicyclic amines) is 1. The van der Waals surface area contributed by atoms with E-state index in [0.717, 1.165) is 43.6 Å². The maximum absolute atomic E-state index is 12.7. The predicted octanol–water partition coefficient (Wildman–Crippen LogP) is 3.49. The highest BCUT2D eigenvalue weighted by Gasteiger charge is 2.49. The molecule has 1 aromatic carbocycles. The standard InChI is InChI=1S/C24H27N3O3/c1-18-9-21(14-26-13-18)15-29-7-5-19-6-8-30-24(11-19)16-27(17-24)23(28)22-4-2-3-20(10-22)12-25/h2-4,9-10,13-14,19H,5-8,11,15-17H2,1H3/t19-/m1/s1. The molecule has 2 aromatic rings. The maximum Gasteiger partial charge on any atom is 0.254 e. The van der Waals surface area contributed by atoms with Crippen molar-refractivity contribution in [1.29, 1.82) is 5.26 Å². The number of carbonyl (C=O) groups is 1. The lowest BCUT2D eigenvalue weighted by atomic mass is 9.79. The van der Waals surface area contributed by atoms with E-state index in [0.29, 0.717) is 36.7 Å². The SMILES string of the molecule is Cc1cncc(COCC[C@@H]2CCOC3(C2)CN(C(=O)c2cccc(C#N)c2)C3)c1. The molecule has 4 rings (SSSR count). The number of nitriles is 1. The van der Waals surface area contributed by atoms with E-state index in [1.807, 2.05) is 24.2 Å². The van der Waals surface area contributed by atoms with Gasteiger partial charge >= 0.3 is 0 Å². The first-order chi connectivity index (χ1) is 14.6. The highest BCUT2D eigenvalue weighted by Crippen LogP contribution is 2.38. The molecule has 0 bridgehead atoms. The molecule has 3 heterocycles. The summed E-state index contributed by atoms with van der Waals surface area (Å²) in [6, 6.07) is 11.1. The first-order valence-corrected chi connectivity index (χ1v) is 10.5. The fraction of sp³-hybridized carbons (Fsp3) is 0.458. The zero-order valence-electron chi connectivity index (χ0n) is 17.3. The normalized spacial score (nSPS) is 19.9. The largest absolute Gasteiger partial charge is 0.377 e. The van der Waals surface area contributed by atoms with Crippen molar-refractivity contribution in [3.8, 4) is 6.07 Å². The van der Waals surface area contributed by atoms with Crippen LogP contribution >= 0.6 is 0 Å². The molecule has 0 unspecified atom stereocenters. The number of hydrogen-bond acceptors (Lipinski definition) is 5. The third-order valence-corrected chi connectivity index (χ3v) is 5.95. The number of ether oxygens (including phenoxy) is 2. The van der Waals surface area contributed by atoms with Gasteiger partial charge in [0.2, 0.25) is 0 Å². The van der Waals surface area contributed by atoms with Crippen molar-refractivity contribution < 1.29 is 14.3 Å². The van der Waals surface area contributed by atoms with Crippen molar-refractivity contribution in [3.63, 3.8) is 0 Å². The lowest BCUT2D eigenvalue weighted by Crippen LogP contribution is -2.66. The highest BCUT2D eigenvalue weighted by molar-refractivity contribution is 5.95. The summed E-state index contributed by atoms with van der Waals surface area (Å²) in [7, 11) is 0. The van der Waals surface area contributed by atoms with Crippen LogP contribution in [0.1, 0.15) is 46.3 Å². The Morgan fingerprint density at radius 1 is 1.37 bits per heavy atom. The van der Waals surface area contributed by atoms with Crippen molar-refractivity contribution >= 4 is 5.91 Å². The Hall–Kier alpha value is -2.75. The van der Waals surface area contributed by atoms with Crippen LogP contribution in [0.3, 0.4) is 0 Å². The Morgan fingerprint density at radius 3 is 3.03 bits per heavy atom. The summed E-state index contributed by atoms with van der Waals surface area (Å²) < 4.78 is 12.0. The molecule has 0 aliphatic carbocycles. The zero-order chi connectivity index (χ0) is 21.0. The van der Waals surface area contributed by atoms with Gasteiger partial charge in [0.25, 0.3) is 5.91 Å². The van der Waals surface area contributed by atoms with Gasteiger partial charge in [-0.25, -0.2) is 0 Å². The molecule has 2 aliphatic rings. The molecule has 6 nitrogen and oxygen atoms in total. The molecule has 0 radical (unpaired) electrons. The molecule has 30 heavy (non-hydrogen) atoms. The number of amides is 1. The van der Waals surface area contributed by atoms with Crippen LogP contribution < -0.4 is 0 Å². The van der Waals surface area contributed by atoms with Crippen LogP contribution in [0.2, 0.25) is 0 Å². The Labute approximate surface area is 177 Å². The van der Waals surface area contributed by atoms with Crippen LogP contribution in [0.25, 0.3) is 0 Å². The molecule has 2 saturated heterocycles. The quantitative estimate of drug-likeness (QED) is 0.688. The number of aryl methyl sites for hydroxylation is 1. The number of hydrogen-bond donors (Lipinski definition) is 0. The third-order valence-electron chi connectivity index (χ3n) is 5.95. The molecule has 2 aliphatic heterocycles. The Balaban J connectivity index is 1.23. The summed E-state index contributed by atoms with van der Waals surface area (Å²) in [6.45, 7) is 5.32. The van der Waals surface area contributed by atoms with Gasteiger partial charge in [0, 0.05) is 31.2 Å². The highest BCUT2D eigenvalue weighted by atomic mass is 16.5. The molecular formula is C24H27N3O3. The van der Waals surface area contributed by atoms with E-state index in [4.69, 9.17) is 14.7 Å². The van der Waals surface area contributed by atoms with Crippen LogP contribution in [0.15, 0.2) is 42.7 Å². The van der Waals surface area contributed by atoms with Crippen molar-refractivity contribution in [2.45, 2.75) is 38.4 Å². The molecule has 1 spiro atoms. The Morgan fingerprint density at radius 2 is 2.23 bits per heavy atom. The van der Waals surface area contributed by atoms with Gasteiger partial charge < -0.3 is 14.4 Å². The number of aromatic nitrogens is 1. The van der Waals surface area contributed by atoms with Crippen molar-refractivity contribution in [2.24, 2.45) is 5.92 Å². The van der Waals surface area contributed by atoms with E-state index in [1.165, 1.54) is 0 Å². The van der Waals surface area contributed by atoms with E-state index in [9.17, 15) is 4.79 Å². The smallest absolute Gasteiger partial charge is 0.254 e. The number of benzene rings is 1. The van der Waals surface area contributed by atoms with Gasteiger partial charge in [0.15, 0.2) is 0 Å². The van der Waals surface area contributed by atoms with Crippen LogP contribution in [0.5, 0.6) is 0 Å². The topological polar surface area (TPSA) is 75.5 Å². The second-order valence-corrected chi connectivity index (χ2v) is 8.46. The van der Waals surface area contributed by atoms with Gasteiger partial charge in [-0.2, -0.15) is 5.26 Å². The van der Waals surface area contributed by atoms with Gasteiger partial charge in [0.05, 0.1) is 31.3 Å². The number of nitrogens with zero attached hydrogens (tertiary/aromatic N) is 3. The van der Waals surface area contributed by atoms with Gasteiger partial charge in [-0.05, 0) is 61.4 Å². The molecule has 156 valence electrons. The number of pyridine rings is 1. The van der Waals surface area contributed by atoms with Crippen LogP contribution in [0, 0.1) is 24.2 Å². The van der Waals surface area contributed by atoms with Crippen LogP contribution in [-0.4, -0.2) is 47.7 Å². The first-order valence-electron chi connectivity index (χ1n) is 10.5. The van der Waals surface area contributed by atoms with Crippen LogP contribution in [0.4, 0.5) is 0 Å². The second-order valence-electron chi connectivity index (χ2n) is 8.46. The van der Waals surface area contributed by atoms with E-state index in [1.54, 1.807) is 24.3 Å². The van der Waals surface area contributed by atoms with Gasteiger partial charge in [-0.1, -0.05) is 12.1 Å². The second kappa shape index (κ2) is 8.95. The molecule has 1 amide bonds. The molecule has 0 N–H and O–H groups in total. The lowest BCUT2D eigenvalue weighted by molar-refractivity contribution is -0.167. The molecule has 1 atom stereocenters. The summed E-state index contributed by atoms with van der Waals surface area (Å²) in [5.74, 6) is 0.520. The Bertz CT molecular complexity index is 947. The fourth-order valence-corrected chi connectivity index (χ4v) is 4.43. The molecule has 6 heteroatoms. The minimum absolute atomic E-state index is 0.0291. The monoisotopic (exact) mass is 405 g/mol. The van der Waals surface area contributed by atoms with E-state index in [2.05, 4.69) is 17.1 Å². The van der Waals surface area contributed by atoms with Crippen LogP contribution in [-0.2, 0) is 16.1 Å². The number of rotatable bonds is 6. The average molecular weight is 405 g/mol. The first kappa shape index (κ1) is 20.5. The molecule has 1 aromatic heterocycles. The summed E-state index contributed by atoms with van der Waals surface area (Å²) in [4.78, 5) is 18.7. The Kier molecular flexibility index (Phi) is 6.12. The third kappa shape index (κ3) is 4.69. The van der Waals surface area contributed by atoms with Crippen molar-refractivity contribution in [3.05, 3.63) is 65.0 Å². The summed E-state index contributed by atoms with van der Waals surface area (Å²) >= 11 is 0. The fourth-order valence-electron chi connectivity index (χ4n) is 4.43. The summed E-state index contributed by atoms with van der Waals surface area (Å²) in [5.41, 5.74) is 3.10. The maximum atomic E-state index is 12.7. The van der Waals surface area contributed by atoms with E-state index >= 15 is 0 Å². The van der Waals surface area contributed by atoms with Gasteiger partial charge in [-0.3, -0.25) is 9.78 Å². The minimum Gasteiger partial charge on any atom is -0.377 e. The van der Waals surface area contributed by atoms with E-state index < -0.39 is 0 Å². The minimum atomic E-state index is -0.216. The predicted molar refractivity (Wildman–Crippen MR) is 112 cm³/mol. The summed E-state index contributed by atoms with van der Waals surface area (Å²) in [6.07, 6.45) is 6.70. The zero-order valence-corrected chi connectivity index (χ0v) is 17.3. The summed E-state index contributed by atoms with van der Waals surface area (Å²) in [5, 5.41) is 9.04. The van der Waals surface area contributed by atoms with Crippen molar-refractivity contribution in [1.82, 2.24) is 9.88 Å². The molecular weight excluding hydrogens is 378 g/mol. The molecule has 2 fully saturated rings. The van der Waals surface area contributed by atoms with Gasteiger partial charge in [0.1, 0.15) is 5.60 Å². The average Bonchev–Trinajstić information content (AvgIpc) is 2.75. The van der Waals surface area contributed by atoms with E-state index in [-0.39, 0.29) is 11.5 Å².